The first-order valence-corrected chi connectivity index (χ1v) is 7.13. The molecule has 0 atom stereocenters. The van der Waals surface area contributed by atoms with Gasteiger partial charge in [-0.25, -0.2) is 13.4 Å². The van der Waals surface area contributed by atoms with Gasteiger partial charge in [0.15, 0.2) is 0 Å². The van der Waals surface area contributed by atoms with E-state index < -0.39 is 10.0 Å². The van der Waals surface area contributed by atoms with E-state index in [1.54, 1.807) is 19.1 Å². The van der Waals surface area contributed by atoms with Crippen molar-refractivity contribution in [2.45, 2.75) is 18.7 Å². The quantitative estimate of drug-likeness (QED) is 0.861. The first-order valence-electron chi connectivity index (χ1n) is 5.64. The van der Waals surface area contributed by atoms with Crippen LogP contribution in [0.15, 0.2) is 29.4 Å². The molecule has 0 radical (unpaired) electrons. The van der Waals surface area contributed by atoms with E-state index in [0.717, 1.165) is 0 Å². The Kier molecular flexibility index (Phi) is 3.70. The minimum atomic E-state index is -3.65. The van der Waals surface area contributed by atoms with Crippen LogP contribution in [0.4, 0.5) is 5.69 Å². The number of aromatic amines is 1. The Morgan fingerprint density at radius 1 is 1.37 bits per heavy atom. The molecule has 0 aliphatic rings. The maximum absolute atomic E-state index is 12.1. The van der Waals surface area contributed by atoms with Crippen molar-refractivity contribution in [2.24, 2.45) is 0 Å². The van der Waals surface area contributed by atoms with Gasteiger partial charge in [-0.05, 0) is 19.9 Å². The van der Waals surface area contributed by atoms with E-state index >= 15 is 0 Å². The van der Waals surface area contributed by atoms with Crippen molar-refractivity contribution in [3.8, 4) is 5.88 Å². The fourth-order valence-corrected chi connectivity index (χ4v) is 2.68. The zero-order valence-electron chi connectivity index (χ0n) is 10.5. The van der Waals surface area contributed by atoms with Crippen LogP contribution < -0.4 is 9.46 Å². The largest absolute Gasteiger partial charge is 0.478 e. The van der Waals surface area contributed by atoms with Gasteiger partial charge in [0.2, 0.25) is 5.88 Å². The summed E-state index contributed by atoms with van der Waals surface area (Å²) in [7, 11) is -3.65. The van der Waals surface area contributed by atoms with Crippen LogP contribution in [0.3, 0.4) is 0 Å². The number of H-pyrrole nitrogens is 1. The van der Waals surface area contributed by atoms with Crippen LogP contribution in [0.5, 0.6) is 5.88 Å². The molecule has 0 fully saturated rings. The van der Waals surface area contributed by atoms with E-state index in [0.29, 0.717) is 23.9 Å². The second-order valence-electron chi connectivity index (χ2n) is 3.78. The van der Waals surface area contributed by atoms with Crippen molar-refractivity contribution in [1.82, 2.24) is 15.2 Å². The zero-order valence-corrected chi connectivity index (χ0v) is 11.4. The second-order valence-corrected chi connectivity index (χ2v) is 5.43. The van der Waals surface area contributed by atoms with Crippen LogP contribution >= 0.6 is 0 Å². The van der Waals surface area contributed by atoms with E-state index in [-0.39, 0.29) is 4.90 Å². The number of rotatable bonds is 5. The average Bonchev–Trinajstić information content (AvgIpc) is 2.79. The van der Waals surface area contributed by atoms with Gasteiger partial charge >= 0.3 is 0 Å². The molecule has 0 aliphatic carbocycles. The lowest BCUT2D eigenvalue weighted by Crippen LogP contribution is -2.13. The lowest BCUT2D eigenvalue weighted by molar-refractivity contribution is 0.327. The molecule has 8 heteroatoms. The molecule has 0 aromatic carbocycles. The fraction of sp³-hybridized carbons (Fsp3) is 0.273. The standard InChI is InChI=1S/C11H14N4O3S/c1-3-18-11-5-4-9(6-12-11)15-19(16,17)10-7-13-14-8(10)2/h4-7,15H,3H2,1-2H3,(H,13,14). The lowest BCUT2D eigenvalue weighted by atomic mass is 10.4. The third-order valence-electron chi connectivity index (χ3n) is 2.35. The minimum Gasteiger partial charge on any atom is -0.478 e. The Bertz CT molecular complexity index is 649. The molecule has 0 aliphatic heterocycles. The summed E-state index contributed by atoms with van der Waals surface area (Å²) in [5.74, 6) is 0.449. The summed E-state index contributed by atoms with van der Waals surface area (Å²) in [5, 5.41) is 6.27. The molecular formula is C11H14N4O3S. The van der Waals surface area contributed by atoms with Gasteiger partial charge in [-0.2, -0.15) is 5.10 Å². The maximum Gasteiger partial charge on any atom is 0.265 e. The first kappa shape index (κ1) is 13.3. The number of hydrogen-bond acceptors (Lipinski definition) is 5. The van der Waals surface area contributed by atoms with Crippen LogP contribution in [0, 0.1) is 6.92 Å². The van der Waals surface area contributed by atoms with Crippen LogP contribution in [0.1, 0.15) is 12.6 Å². The van der Waals surface area contributed by atoms with Crippen molar-refractivity contribution < 1.29 is 13.2 Å². The molecule has 0 unspecified atom stereocenters. The van der Waals surface area contributed by atoms with Gasteiger partial charge in [-0.15, -0.1) is 0 Å². The van der Waals surface area contributed by atoms with Gasteiger partial charge < -0.3 is 4.74 Å². The zero-order chi connectivity index (χ0) is 13.9. The molecule has 2 rings (SSSR count). The normalized spacial score (nSPS) is 11.3. The second kappa shape index (κ2) is 5.27. The van der Waals surface area contributed by atoms with Gasteiger partial charge in [-0.1, -0.05) is 0 Å². The van der Waals surface area contributed by atoms with Crippen LogP contribution in [-0.2, 0) is 10.0 Å². The van der Waals surface area contributed by atoms with Crippen molar-refractivity contribution in [2.75, 3.05) is 11.3 Å². The number of aryl methyl sites for hydroxylation is 1. The Labute approximate surface area is 111 Å². The Morgan fingerprint density at radius 3 is 2.68 bits per heavy atom. The number of anilines is 1. The lowest BCUT2D eigenvalue weighted by Gasteiger charge is -2.07. The SMILES string of the molecule is CCOc1ccc(NS(=O)(=O)c2cn[nH]c2C)cn1. The highest BCUT2D eigenvalue weighted by atomic mass is 32.2. The summed E-state index contributed by atoms with van der Waals surface area (Å²) in [6, 6.07) is 3.19. The summed E-state index contributed by atoms with van der Waals surface area (Å²) >= 11 is 0. The Hall–Kier alpha value is -2.09. The smallest absolute Gasteiger partial charge is 0.265 e. The highest BCUT2D eigenvalue weighted by molar-refractivity contribution is 7.92. The summed E-state index contributed by atoms with van der Waals surface area (Å²) < 4.78 is 31.7. The highest BCUT2D eigenvalue weighted by Gasteiger charge is 2.18. The molecule has 0 bridgehead atoms. The predicted molar refractivity (Wildman–Crippen MR) is 69.5 cm³/mol. The topological polar surface area (TPSA) is 97.0 Å². The van der Waals surface area contributed by atoms with Gasteiger partial charge in [0, 0.05) is 6.07 Å². The summed E-state index contributed by atoms with van der Waals surface area (Å²) in [4.78, 5) is 4.10. The number of sulfonamides is 1. The molecule has 102 valence electrons. The first-order chi connectivity index (χ1) is 9.03. The highest BCUT2D eigenvalue weighted by Crippen LogP contribution is 2.18. The summed E-state index contributed by atoms with van der Waals surface area (Å²) in [6.07, 6.45) is 2.66. The molecule has 0 spiro atoms. The Balaban J connectivity index is 2.19. The maximum atomic E-state index is 12.1. The molecule has 0 saturated carbocycles. The van der Waals surface area contributed by atoms with Gasteiger partial charge in [-0.3, -0.25) is 9.82 Å². The van der Waals surface area contributed by atoms with Crippen molar-refractivity contribution in [3.63, 3.8) is 0 Å². The van der Waals surface area contributed by atoms with E-state index in [4.69, 9.17) is 4.74 Å². The third kappa shape index (κ3) is 3.02. The molecule has 2 heterocycles. The molecule has 0 amide bonds. The molecular weight excluding hydrogens is 268 g/mol. The van der Waals surface area contributed by atoms with E-state index in [1.165, 1.54) is 12.4 Å². The monoisotopic (exact) mass is 282 g/mol. The molecule has 19 heavy (non-hydrogen) atoms. The average molecular weight is 282 g/mol. The fourth-order valence-electron chi connectivity index (χ4n) is 1.49. The molecule has 0 saturated heterocycles. The number of aromatic nitrogens is 3. The number of nitrogens with one attached hydrogen (secondary N) is 2. The van der Waals surface area contributed by atoms with Crippen molar-refractivity contribution >= 4 is 15.7 Å². The number of pyridine rings is 1. The molecule has 2 N–H and O–H groups in total. The van der Waals surface area contributed by atoms with Crippen molar-refractivity contribution in [1.29, 1.82) is 0 Å². The minimum absolute atomic E-state index is 0.112. The predicted octanol–water partition coefficient (Wildman–Crippen LogP) is 1.31. The number of ether oxygens (including phenoxy) is 1. The number of nitrogens with zero attached hydrogens (tertiary/aromatic N) is 2. The van der Waals surface area contributed by atoms with Gasteiger partial charge in [0.05, 0.1) is 30.4 Å². The van der Waals surface area contributed by atoms with Crippen LogP contribution in [0.25, 0.3) is 0 Å². The molecule has 2 aromatic rings. The van der Waals surface area contributed by atoms with Crippen LogP contribution in [0.2, 0.25) is 0 Å². The third-order valence-corrected chi connectivity index (χ3v) is 3.85. The number of hydrogen-bond donors (Lipinski definition) is 2. The van der Waals surface area contributed by atoms with Crippen molar-refractivity contribution in [3.05, 3.63) is 30.2 Å². The molecule has 7 nitrogen and oxygen atoms in total. The molecule has 2 aromatic heterocycles. The van der Waals surface area contributed by atoms with Crippen LogP contribution in [-0.4, -0.2) is 30.2 Å². The summed E-state index contributed by atoms with van der Waals surface area (Å²) in [6.45, 7) is 3.99. The Morgan fingerprint density at radius 2 is 2.16 bits per heavy atom. The van der Waals surface area contributed by atoms with E-state index in [1.807, 2.05) is 6.92 Å². The summed E-state index contributed by atoms with van der Waals surface area (Å²) in [5.41, 5.74) is 0.843. The van der Waals surface area contributed by atoms with Gasteiger partial charge in [0.25, 0.3) is 10.0 Å². The van der Waals surface area contributed by atoms with E-state index in [9.17, 15) is 8.42 Å². The van der Waals surface area contributed by atoms with Gasteiger partial charge in [0.1, 0.15) is 4.90 Å². The van der Waals surface area contributed by atoms with E-state index in [2.05, 4.69) is 19.9 Å².